The van der Waals surface area contributed by atoms with Crippen molar-refractivity contribution in [3.63, 3.8) is 0 Å². The molecule has 3 aliphatic rings. The number of rotatable bonds is 4. The fourth-order valence-electron chi connectivity index (χ4n) is 5.86. The third kappa shape index (κ3) is 3.83. The molecule has 2 N–H and O–H groups in total. The van der Waals surface area contributed by atoms with Crippen molar-refractivity contribution in [1.82, 2.24) is 24.7 Å². The molecule has 3 fully saturated rings. The van der Waals surface area contributed by atoms with Crippen molar-refractivity contribution in [1.29, 1.82) is 0 Å². The molecule has 5 rings (SSSR count). The summed E-state index contributed by atoms with van der Waals surface area (Å²) in [5, 5.41) is 2.41. The summed E-state index contributed by atoms with van der Waals surface area (Å²) in [6.07, 6.45) is 5.21. The number of benzene rings is 1. The summed E-state index contributed by atoms with van der Waals surface area (Å²) in [6, 6.07) is 2.58. The maximum Gasteiger partial charge on any atom is 0.326 e. The number of carbonyl (C=O) groups excluding carboxylic acids is 2. The standard InChI is InChI=1S/C23H30FN5O3/c1-25-22(31)17-9-19-20(10-18(17)24)29(23(32)26-19)16-4-6-27(7-5-16)13-21(30)28-11-14-2-3-15(8-14)12-28/h9-10,14-16H,2-8,11-13H2,1H3,(H,25,31)(H,26,32). The van der Waals surface area contributed by atoms with Gasteiger partial charge < -0.3 is 15.2 Å². The quantitative estimate of drug-likeness (QED) is 0.753. The Hall–Kier alpha value is -2.68. The normalized spacial score (nSPS) is 24.2. The van der Waals surface area contributed by atoms with Crippen LogP contribution in [0.15, 0.2) is 16.9 Å². The van der Waals surface area contributed by atoms with Gasteiger partial charge in [-0.25, -0.2) is 9.18 Å². The van der Waals surface area contributed by atoms with E-state index in [2.05, 4.69) is 20.1 Å². The largest absolute Gasteiger partial charge is 0.355 e. The minimum atomic E-state index is -0.650. The lowest BCUT2D eigenvalue weighted by molar-refractivity contribution is -0.134. The lowest BCUT2D eigenvalue weighted by atomic mass is 9.98. The maximum atomic E-state index is 14.5. The molecule has 0 spiro atoms. The van der Waals surface area contributed by atoms with E-state index in [0.29, 0.717) is 42.3 Å². The molecule has 3 heterocycles. The minimum Gasteiger partial charge on any atom is -0.355 e. The zero-order valence-electron chi connectivity index (χ0n) is 18.4. The number of fused-ring (bicyclic) bond motifs is 3. The topological polar surface area (TPSA) is 90.4 Å². The molecule has 2 amide bonds. The zero-order chi connectivity index (χ0) is 22.4. The second-order valence-electron chi connectivity index (χ2n) is 9.58. The van der Waals surface area contributed by atoms with Crippen LogP contribution in [-0.4, -0.2) is 70.9 Å². The Bertz CT molecular complexity index is 1090. The number of H-pyrrole nitrogens is 1. The second kappa shape index (κ2) is 8.35. The van der Waals surface area contributed by atoms with Crippen LogP contribution in [0.3, 0.4) is 0 Å². The van der Waals surface area contributed by atoms with Crippen molar-refractivity contribution in [2.45, 2.75) is 38.1 Å². The molecular weight excluding hydrogens is 413 g/mol. The average Bonchev–Trinajstić information content (AvgIpc) is 3.29. The minimum absolute atomic E-state index is 0.0707. The van der Waals surface area contributed by atoms with Crippen molar-refractivity contribution in [2.75, 3.05) is 39.8 Å². The number of likely N-dealkylation sites (tertiary alicyclic amines) is 2. The molecule has 1 aromatic carbocycles. The van der Waals surface area contributed by atoms with E-state index in [-0.39, 0.29) is 23.2 Å². The third-order valence-electron chi connectivity index (χ3n) is 7.52. The Balaban J connectivity index is 1.25. The number of nitrogens with one attached hydrogen (secondary N) is 2. The van der Waals surface area contributed by atoms with Gasteiger partial charge in [0.1, 0.15) is 5.82 Å². The number of imidazole rings is 1. The van der Waals surface area contributed by atoms with Crippen molar-refractivity contribution >= 4 is 22.8 Å². The van der Waals surface area contributed by atoms with Gasteiger partial charge in [0, 0.05) is 45.3 Å². The van der Waals surface area contributed by atoms with Crippen LogP contribution in [-0.2, 0) is 4.79 Å². The van der Waals surface area contributed by atoms with Crippen LogP contribution in [0.4, 0.5) is 4.39 Å². The molecule has 172 valence electrons. The average molecular weight is 444 g/mol. The van der Waals surface area contributed by atoms with Crippen LogP contribution in [0.25, 0.3) is 11.0 Å². The molecular formula is C23H30FN5O3. The molecule has 2 atom stereocenters. The van der Waals surface area contributed by atoms with Crippen molar-refractivity contribution < 1.29 is 14.0 Å². The first-order valence-electron chi connectivity index (χ1n) is 11.6. The number of nitrogens with zero attached hydrogens (tertiary/aromatic N) is 3. The first-order valence-corrected chi connectivity index (χ1v) is 11.6. The summed E-state index contributed by atoms with van der Waals surface area (Å²) in [5.41, 5.74) is 0.533. The number of hydrogen-bond donors (Lipinski definition) is 2. The van der Waals surface area contributed by atoms with E-state index in [4.69, 9.17) is 0 Å². The van der Waals surface area contributed by atoms with Crippen LogP contribution in [0.1, 0.15) is 48.5 Å². The van der Waals surface area contributed by atoms with Gasteiger partial charge in [-0.3, -0.25) is 19.1 Å². The van der Waals surface area contributed by atoms with E-state index in [9.17, 15) is 18.8 Å². The van der Waals surface area contributed by atoms with E-state index in [1.165, 1.54) is 38.4 Å². The van der Waals surface area contributed by atoms with Crippen LogP contribution >= 0.6 is 0 Å². The van der Waals surface area contributed by atoms with Gasteiger partial charge in [0.15, 0.2) is 0 Å². The summed E-state index contributed by atoms with van der Waals surface area (Å²) >= 11 is 0. The van der Waals surface area contributed by atoms with E-state index in [0.717, 1.165) is 26.2 Å². The monoisotopic (exact) mass is 443 g/mol. The number of halogens is 1. The van der Waals surface area contributed by atoms with Crippen LogP contribution in [0.5, 0.6) is 0 Å². The first kappa shape index (κ1) is 21.2. The third-order valence-corrected chi connectivity index (χ3v) is 7.52. The predicted octanol–water partition coefficient (Wildman–Crippen LogP) is 1.72. The number of hydrogen-bond acceptors (Lipinski definition) is 4. The van der Waals surface area contributed by atoms with Crippen molar-refractivity contribution in [2.24, 2.45) is 11.8 Å². The molecule has 2 aromatic rings. The number of aromatic nitrogens is 2. The highest BCUT2D eigenvalue weighted by molar-refractivity contribution is 5.97. The number of aromatic amines is 1. The van der Waals surface area contributed by atoms with Crippen LogP contribution < -0.4 is 11.0 Å². The Morgan fingerprint density at radius 2 is 1.81 bits per heavy atom. The lowest BCUT2D eigenvalue weighted by Gasteiger charge is -2.36. The summed E-state index contributed by atoms with van der Waals surface area (Å²) in [7, 11) is 1.44. The van der Waals surface area contributed by atoms with Gasteiger partial charge in [-0.05, 0) is 50.0 Å². The summed E-state index contributed by atoms with van der Waals surface area (Å²) in [6.45, 7) is 3.67. The Labute approximate surface area is 185 Å². The van der Waals surface area contributed by atoms with E-state index >= 15 is 0 Å². The van der Waals surface area contributed by atoms with Gasteiger partial charge in [0.25, 0.3) is 5.91 Å². The molecule has 0 radical (unpaired) electrons. The SMILES string of the molecule is CNC(=O)c1cc2[nH]c(=O)n(C3CCN(CC(=O)N4CC5CCC(C5)C4)CC3)c2cc1F. The smallest absolute Gasteiger partial charge is 0.326 e. The van der Waals surface area contributed by atoms with Crippen LogP contribution in [0, 0.1) is 17.7 Å². The molecule has 2 saturated heterocycles. The van der Waals surface area contributed by atoms with Gasteiger partial charge in [0.05, 0.1) is 23.1 Å². The van der Waals surface area contributed by atoms with Crippen LogP contribution in [0.2, 0.25) is 0 Å². The fourth-order valence-corrected chi connectivity index (χ4v) is 5.86. The first-order chi connectivity index (χ1) is 15.4. The lowest BCUT2D eigenvalue weighted by Crippen LogP contribution is -2.47. The molecule has 32 heavy (non-hydrogen) atoms. The van der Waals surface area contributed by atoms with Crippen molar-refractivity contribution in [3.05, 3.63) is 34.0 Å². The van der Waals surface area contributed by atoms with Gasteiger partial charge >= 0.3 is 5.69 Å². The zero-order valence-corrected chi connectivity index (χ0v) is 18.4. The molecule has 8 nitrogen and oxygen atoms in total. The fraction of sp³-hybridized carbons (Fsp3) is 0.609. The predicted molar refractivity (Wildman–Crippen MR) is 118 cm³/mol. The Kier molecular flexibility index (Phi) is 5.53. The van der Waals surface area contributed by atoms with E-state index < -0.39 is 11.7 Å². The van der Waals surface area contributed by atoms with Gasteiger partial charge in [0.2, 0.25) is 5.91 Å². The second-order valence-corrected chi connectivity index (χ2v) is 9.58. The maximum absolute atomic E-state index is 14.5. The molecule has 2 unspecified atom stereocenters. The van der Waals surface area contributed by atoms with E-state index in [1.807, 2.05) is 0 Å². The molecule has 2 bridgehead atoms. The molecule has 1 aromatic heterocycles. The number of piperidine rings is 2. The summed E-state index contributed by atoms with van der Waals surface area (Å²) in [4.78, 5) is 44.3. The summed E-state index contributed by atoms with van der Waals surface area (Å²) in [5.74, 6) is 0.400. The molecule has 2 aliphatic heterocycles. The van der Waals surface area contributed by atoms with E-state index in [1.54, 1.807) is 4.57 Å². The molecule has 1 aliphatic carbocycles. The highest BCUT2D eigenvalue weighted by Gasteiger charge is 2.35. The number of carbonyl (C=O) groups is 2. The highest BCUT2D eigenvalue weighted by atomic mass is 19.1. The van der Waals surface area contributed by atoms with Crippen molar-refractivity contribution in [3.8, 4) is 0 Å². The van der Waals surface area contributed by atoms with Gasteiger partial charge in [-0.2, -0.15) is 0 Å². The van der Waals surface area contributed by atoms with Gasteiger partial charge in [-0.1, -0.05) is 0 Å². The number of amides is 2. The molecule has 9 heteroatoms. The summed E-state index contributed by atoms with van der Waals surface area (Å²) < 4.78 is 16.1. The Morgan fingerprint density at radius 1 is 1.12 bits per heavy atom. The molecule has 1 saturated carbocycles. The highest BCUT2D eigenvalue weighted by Crippen LogP contribution is 2.36. The Morgan fingerprint density at radius 3 is 2.47 bits per heavy atom. The van der Waals surface area contributed by atoms with Gasteiger partial charge in [-0.15, -0.1) is 0 Å².